The standard InChI is InChI=1S/C11H14ClNO2/c1-15-9-3-2-8(11(14)10(9)12)7-4-5-13-6-7/h2-3,7,13-14H,4-6H2,1H3. The lowest BCUT2D eigenvalue weighted by molar-refractivity contribution is 0.406. The average molecular weight is 228 g/mol. The van der Waals surface area contributed by atoms with Gasteiger partial charge in [0.1, 0.15) is 16.5 Å². The second kappa shape index (κ2) is 4.29. The van der Waals surface area contributed by atoms with Crippen LogP contribution in [0.3, 0.4) is 0 Å². The van der Waals surface area contributed by atoms with Crippen molar-refractivity contribution in [3.63, 3.8) is 0 Å². The van der Waals surface area contributed by atoms with Gasteiger partial charge >= 0.3 is 0 Å². The van der Waals surface area contributed by atoms with E-state index in [0.29, 0.717) is 16.7 Å². The molecule has 0 amide bonds. The van der Waals surface area contributed by atoms with Crippen molar-refractivity contribution >= 4 is 11.6 Å². The van der Waals surface area contributed by atoms with Crippen LogP contribution in [0.1, 0.15) is 17.9 Å². The van der Waals surface area contributed by atoms with Crippen LogP contribution in [0, 0.1) is 0 Å². The third-order valence-electron chi connectivity index (χ3n) is 2.83. The predicted octanol–water partition coefficient (Wildman–Crippen LogP) is 2.13. The zero-order valence-corrected chi connectivity index (χ0v) is 9.34. The van der Waals surface area contributed by atoms with Gasteiger partial charge in [0.15, 0.2) is 0 Å². The molecule has 1 aromatic carbocycles. The van der Waals surface area contributed by atoms with Gasteiger partial charge < -0.3 is 15.2 Å². The summed E-state index contributed by atoms with van der Waals surface area (Å²) in [6, 6.07) is 3.69. The largest absolute Gasteiger partial charge is 0.506 e. The number of benzene rings is 1. The van der Waals surface area contributed by atoms with Gasteiger partial charge in [0, 0.05) is 18.0 Å². The Morgan fingerprint density at radius 1 is 1.53 bits per heavy atom. The first-order chi connectivity index (χ1) is 7.24. The van der Waals surface area contributed by atoms with Gasteiger partial charge in [0.05, 0.1) is 7.11 Å². The molecule has 1 aromatic rings. The molecule has 2 N–H and O–H groups in total. The van der Waals surface area contributed by atoms with Crippen molar-refractivity contribution < 1.29 is 9.84 Å². The summed E-state index contributed by atoms with van der Waals surface area (Å²) in [5, 5.41) is 13.5. The maximum atomic E-state index is 9.93. The lowest BCUT2D eigenvalue weighted by atomic mass is 9.97. The minimum absolute atomic E-state index is 0.157. The fourth-order valence-electron chi connectivity index (χ4n) is 1.97. The molecule has 1 fully saturated rings. The molecule has 1 unspecified atom stereocenters. The van der Waals surface area contributed by atoms with Crippen LogP contribution in [0.2, 0.25) is 5.02 Å². The number of phenols is 1. The third-order valence-corrected chi connectivity index (χ3v) is 3.20. The van der Waals surface area contributed by atoms with Gasteiger partial charge in [-0.2, -0.15) is 0 Å². The first kappa shape index (κ1) is 10.6. The van der Waals surface area contributed by atoms with E-state index >= 15 is 0 Å². The molecule has 4 heteroatoms. The molecule has 3 nitrogen and oxygen atoms in total. The number of phenolic OH excluding ortho intramolecular Hbond substituents is 1. The molecule has 1 heterocycles. The van der Waals surface area contributed by atoms with Crippen molar-refractivity contribution in [1.82, 2.24) is 5.32 Å². The molecule has 1 aliphatic rings. The number of aromatic hydroxyl groups is 1. The minimum atomic E-state index is 0.157. The lowest BCUT2D eigenvalue weighted by Gasteiger charge is -2.13. The van der Waals surface area contributed by atoms with E-state index in [2.05, 4.69) is 5.32 Å². The highest BCUT2D eigenvalue weighted by atomic mass is 35.5. The van der Waals surface area contributed by atoms with Crippen molar-refractivity contribution in [2.75, 3.05) is 20.2 Å². The lowest BCUT2D eigenvalue weighted by Crippen LogP contribution is -2.08. The van der Waals surface area contributed by atoms with E-state index < -0.39 is 0 Å². The summed E-state index contributed by atoms with van der Waals surface area (Å²) < 4.78 is 5.04. The average Bonchev–Trinajstić information content (AvgIpc) is 2.75. The number of nitrogens with one attached hydrogen (secondary N) is 1. The summed E-state index contributed by atoms with van der Waals surface area (Å²) in [7, 11) is 1.54. The van der Waals surface area contributed by atoms with E-state index in [1.54, 1.807) is 6.07 Å². The highest BCUT2D eigenvalue weighted by Gasteiger charge is 2.22. The smallest absolute Gasteiger partial charge is 0.141 e. The Hall–Kier alpha value is -0.930. The maximum absolute atomic E-state index is 9.93. The second-order valence-corrected chi connectivity index (χ2v) is 4.09. The summed E-state index contributed by atoms with van der Waals surface area (Å²) in [4.78, 5) is 0. The van der Waals surface area contributed by atoms with Crippen LogP contribution in [0.4, 0.5) is 0 Å². The SMILES string of the molecule is COc1ccc(C2CCNC2)c(O)c1Cl. The number of hydrogen-bond acceptors (Lipinski definition) is 3. The molecular formula is C11H14ClNO2. The molecule has 0 aromatic heterocycles. The van der Waals surface area contributed by atoms with Crippen LogP contribution in [0.25, 0.3) is 0 Å². The molecule has 15 heavy (non-hydrogen) atoms. The minimum Gasteiger partial charge on any atom is -0.506 e. The molecule has 82 valence electrons. The molecule has 1 atom stereocenters. The molecule has 0 aliphatic carbocycles. The van der Waals surface area contributed by atoms with E-state index in [-0.39, 0.29) is 5.75 Å². The monoisotopic (exact) mass is 227 g/mol. The van der Waals surface area contributed by atoms with Crippen LogP contribution in [0.5, 0.6) is 11.5 Å². The van der Waals surface area contributed by atoms with E-state index in [0.717, 1.165) is 25.1 Å². The third kappa shape index (κ3) is 1.90. The van der Waals surface area contributed by atoms with Gasteiger partial charge in [0.2, 0.25) is 0 Å². The molecular weight excluding hydrogens is 214 g/mol. The zero-order valence-electron chi connectivity index (χ0n) is 8.59. The highest BCUT2D eigenvalue weighted by Crippen LogP contribution is 2.40. The topological polar surface area (TPSA) is 41.5 Å². The molecule has 2 rings (SSSR count). The van der Waals surface area contributed by atoms with Crippen LogP contribution in [-0.4, -0.2) is 25.3 Å². The van der Waals surface area contributed by atoms with Crippen molar-refractivity contribution in [2.24, 2.45) is 0 Å². The van der Waals surface area contributed by atoms with Crippen LogP contribution >= 0.6 is 11.6 Å². The first-order valence-electron chi connectivity index (χ1n) is 5.00. The first-order valence-corrected chi connectivity index (χ1v) is 5.38. The molecule has 0 spiro atoms. The molecule has 1 saturated heterocycles. The van der Waals surface area contributed by atoms with Crippen LogP contribution < -0.4 is 10.1 Å². The molecule has 1 aliphatic heterocycles. The normalized spacial score (nSPS) is 20.5. The van der Waals surface area contributed by atoms with E-state index in [1.165, 1.54) is 7.11 Å². The molecule has 0 radical (unpaired) electrons. The Morgan fingerprint density at radius 3 is 2.93 bits per heavy atom. The Morgan fingerprint density at radius 2 is 2.33 bits per heavy atom. The molecule has 0 saturated carbocycles. The number of halogens is 1. The Balaban J connectivity index is 2.36. The fourth-order valence-corrected chi connectivity index (χ4v) is 2.22. The van der Waals surface area contributed by atoms with Crippen molar-refractivity contribution in [1.29, 1.82) is 0 Å². The van der Waals surface area contributed by atoms with Gasteiger partial charge in [0.25, 0.3) is 0 Å². The van der Waals surface area contributed by atoms with Gasteiger partial charge in [-0.3, -0.25) is 0 Å². The van der Waals surface area contributed by atoms with Crippen molar-refractivity contribution in [2.45, 2.75) is 12.3 Å². The van der Waals surface area contributed by atoms with Crippen molar-refractivity contribution in [3.05, 3.63) is 22.7 Å². The summed E-state index contributed by atoms with van der Waals surface area (Å²) in [6.07, 6.45) is 1.04. The number of rotatable bonds is 2. The van der Waals surface area contributed by atoms with Crippen LogP contribution in [0.15, 0.2) is 12.1 Å². The number of hydrogen-bond donors (Lipinski definition) is 2. The highest BCUT2D eigenvalue weighted by molar-refractivity contribution is 6.33. The Kier molecular flexibility index (Phi) is 3.03. The zero-order chi connectivity index (χ0) is 10.8. The molecule has 0 bridgehead atoms. The van der Waals surface area contributed by atoms with Crippen molar-refractivity contribution in [3.8, 4) is 11.5 Å². The Bertz CT molecular complexity index is 362. The fraction of sp³-hybridized carbons (Fsp3) is 0.455. The summed E-state index contributed by atoms with van der Waals surface area (Å²) in [5.74, 6) is 1.03. The van der Waals surface area contributed by atoms with Gasteiger partial charge in [-0.1, -0.05) is 17.7 Å². The van der Waals surface area contributed by atoms with E-state index in [4.69, 9.17) is 16.3 Å². The summed E-state index contributed by atoms with van der Waals surface area (Å²) in [6.45, 7) is 1.89. The maximum Gasteiger partial charge on any atom is 0.141 e. The number of methoxy groups -OCH3 is 1. The van der Waals surface area contributed by atoms with Crippen LogP contribution in [-0.2, 0) is 0 Å². The Labute approximate surface area is 94.0 Å². The van der Waals surface area contributed by atoms with Gasteiger partial charge in [-0.25, -0.2) is 0 Å². The van der Waals surface area contributed by atoms with E-state index in [9.17, 15) is 5.11 Å². The number of ether oxygens (including phenoxy) is 1. The predicted molar refractivity (Wildman–Crippen MR) is 59.9 cm³/mol. The summed E-state index contributed by atoms with van der Waals surface area (Å²) >= 11 is 5.98. The summed E-state index contributed by atoms with van der Waals surface area (Å²) in [5.41, 5.74) is 0.908. The van der Waals surface area contributed by atoms with Gasteiger partial charge in [-0.05, 0) is 19.0 Å². The van der Waals surface area contributed by atoms with Gasteiger partial charge in [-0.15, -0.1) is 0 Å². The van der Waals surface area contributed by atoms with E-state index in [1.807, 2.05) is 6.07 Å². The quantitative estimate of drug-likeness (QED) is 0.814. The second-order valence-electron chi connectivity index (χ2n) is 3.71.